The average Bonchev–Trinajstić information content (AvgIpc) is 2.53. The van der Waals surface area contributed by atoms with Gasteiger partial charge in [0.05, 0.1) is 0 Å². The summed E-state index contributed by atoms with van der Waals surface area (Å²) in [5, 5.41) is 14.5. The van der Waals surface area contributed by atoms with Crippen LogP contribution in [-0.4, -0.2) is 35.6 Å². The quantitative estimate of drug-likeness (QED) is 0.639. The summed E-state index contributed by atoms with van der Waals surface area (Å²) in [7, 11) is 0. The third-order valence-corrected chi connectivity index (χ3v) is 3.55. The van der Waals surface area contributed by atoms with Gasteiger partial charge >= 0.3 is 0 Å². The van der Waals surface area contributed by atoms with Crippen molar-refractivity contribution in [2.24, 2.45) is 5.92 Å². The SMILES string of the molecule is CC(NC(=O)/C=C/c1ccccc1)C(=O)NC(CCO)C(C)C. The highest BCUT2D eigenvalue weighted by molar-refractivity contribution is 5.95. The Bertz CT molecular complexity index is 526. The summed E-state index contributed by atoms with van der Waals surface area (Å²) in [4.78, 5) is 24.0. The molecule has 1 rings (SSSR count). The van der Waals surface area contributed by atoms with Gasteiger partial charge in [0.2, 0.25) is 11.8 Å². The molecule has 126 valence electrons. The van der Waals surface area contributed by atoms with E-state index in [1.165, 1.54) is 6.08 Å². The standard InChI is InChI=1S/C18H26N2O3/c1-13(2)16(11-12-21)20-18(23)14(3)19-17(22)10-9-15-7-5-4-6-8-15/h4-10,13-14,16,21H,11-12H2,1-3H3,(H,19,22)(H,20,23)/b10-9+. The molecule has 3 N–H and O–H groups in total. The Kier molecular flexibility index (Phi) is 8.05. The molecule has 0 aliphatic heterocycles. The number of benzene rings is 1. The molecule has 2 amide bonds. The second-order valence-electron chi connectivity index (χ2n) is 5.85. The van der Waals surface area contributed by atoms with E-state index in [-0.39, 0.29) is 30.4 Å². The Balaban J connectivity index is 2.50. The monoisotopic (exact) mass is 318 g/mol. The van der Waals surface area contributed by atoms with Crippen LogP contribution in [0, 0.1) is 5.92 Å². The minimum absolute atomic E-state index is 0.0175. The van der Waals surface area contributed by atoms with Crippen molar-refractivity contribution in [1.29, 1.82) is 0 Å². The highest BCUT2D eigenvalue weighted by atomic mass is 16.3. The third kappa shape index (κ3) is 7.10. The molecule has 0 aliphatic rings. The summed E-state index contributed by atoms with van der Waals surface area (Å²) in [5.41, 5.74) is 0.919. The van der Waals surface area contributed by atoms with Crippen LogP contribution in [0.1, 0.15) is 32.8 Å². The zero-order valence-electron chi connectivity index (χ0n) is 14.0. The van der Waals surface area contributed by atoms with E-state index < -0.39 is 6.04 Å². The van der Waals surface area contributed by atoms with E-state index in [0.29, 0.717) is 6.42 Å². The van der Waals surface area contributed by atoms with Gasteiger partial charge in [-0.1, -0.05) is 44.2 Å². The summed E-state index contributed by atoms with van der Waals surface area (Å²) < 4.78 is 0. The number of rotatable bonds is 8. The van der Waals surface area contributed by atoms with Crippen LogP contribution in [0.25, 0.3) is 6.08 Å². The first kappa shape index (κ1) is 18.9. The number of aliphatic hydroxyl groups is 1. The van der Waals surface area contributed by atoms with Crippen molar-refractivity contribution in [2.75, 3.05) is 6.61 Å². The Morgan fingerprint density at radius 1 is 1.13 bits per heavy atom. The van der Waals surface area contributed by atoms with Gasteiger partial charge < -0.3 is 15.7 Å². The molecule has 0 saturated carbocycles. The van der Waals surface area contributed by atoms with Crippen molar-refractivity contribution >= 4 is 17.9 Å². The summed E-state index contributed by atoms with van der Waals surface area (Å²) in [6.45, 7) is 5.61. The number of carbonyl (C=O) groups is 2. The number of hydrogen-bond donors (Lipinski definition) is 3. The zero-order chi connectivity index (χ0) is 17.2. The summed E-state index contributed by atoms with van der Waals surface area (Å²) >= 11 is 0. The second kappa shape index (κ2) is 9.79. The van der Waals surface area contributed by atoms with Gasteiger partial charge in [0.15, 0.2) is 0 Å². The van der Waals surface area contributed by atoms with Crippen LogP contribution < -0.4 is 10.6 Å². The first-order chi connectivity index (χ1) is 10.9. The van der Waals surface area contributed by atoms with Crippen molar-refractivity contribution in [3.63, 3.8) is 0 Å². The van der Waals surface area contributed by atoms with E-state index in [9.17, 15) is 9.59 Å². The van der Waals surface area contributed by atoms with E-state index in [1.807, 2.05) is 44.2 Å². The maximum absolute atomic E-state index is 12.1. The van der Waals surface area contributed by atoms with Crippen molar-refractivity contribution in [1.82, 2.24) is 10.6 Å². The van der Waals surface area contributed by atoms with Crippen molar-refractivity contribution in [2.45, 2.75) is 39.3 Å². The maximum Gasteiger partial charge on any atom is 0.244 e. The Hall–Kier alpha value is -2.14. The van der Waals surface area contributed by atoms with Crippen molar-refractivity contribution in [3.05, 3.63) is 42.0 Å². The van der Waals surface area contributed by atoms with Gasteiger partial charge in [0.25, 0.3) is 0 Å². The molecule has 2 unspecified atom stereocenters. The lowest BCUT2D eigenvalue weighted by molar-refractivity contribution is -0.127. The van der Waals surface area contributed by atoms with E-state index in [4.69, 9.17) is 5.11 Å². The number of aliphatic hydroxyl groups excluding tert-OH is 1. The van der Waals surface area contributed by atoms with Crippen LogP contribution in [0.2, 0.25) is 0 Å². The fourth-order valence-electron chi connectivity index (χ4n) is 2.08. The number of nitrogens with one attached hydrogen (secondary N) is 2. The van der Waals surface area contributed by atoms with Gasteiger partial charge in [-0.05, 0) is 30.9 Å². The minimum Gasteiger partial charge on any atom is -0.396 e. The molecule has 23 heavy (non-hydrogen) atoms. The van der Waals surface area contributed by atoms with Gasteiger partial charge in [0, 0.05) is 18.7 Å². The predicted molar refractivity (Wildman–Crippen MR) is 91.6 cm³/mol. The highest BCUT2D eigenvalue weighted by Gasteiger charge is 2.20. The molecule has 0 fully saturated rings. The Labute approximate surface area is 137 Å². The fraction of sp³-hybridized carbons (Fsp3) is 0.444. The van der Waals surface area contributed by atoms with E-state index in [1.54, 1.807) is 13.0 Å². The molecule has 0 radical (unpaired) electrons. The van der Waals surface area contributed by atoms with E-state index in [2.05, 4.69) is 10.6 Å². The molecule has 0 saturated heterocycles. The topological polar surface area (TPSA) is 78.4 Å². The maximum atomic E-state index is 12.1. The molecule has 0 aliphatic carbocycles. The molecule has 0 heterocycles. The summed E-state index contributed by atoms with van der Waals surface area (Å²) in [5.74, 6) is -0.356. The third-order valence-electron chi connectivity index (χ3n) is 3.55. The molecular formula is C18H26N2O3. The number of hydrogen-bond acceptors (Lipinski definition) is 3. The van der Waals surface area contributed by atoms with Gasteiger partial charge in [-0.25, -0.2) is 0 Å². The first-order valence-electron chi connectivity index (χ1n) is 7.89. The van der Waals surface area contributed by atoms with E-state index in [0.717, 1.165) is 5.56 Å². The smallest absolute Gasteiger partial charge is 0.244 e. The molecule has 1 aromatic rings. The van der Waals surface area contributed by atoms with Crippen LogP contribution >= 0.6 is 0 Å². The molecule has 2 atom stereocenters. The predicted octanol–water partition coefficient (Wildman–Crippen LogP) is 1.73. The van der Waals surface area contributed by atoms with Crippen LogP contribution in [0.5, 0.6) is 0 Å². The van der Waals surface area contributed by atoms with Gasteiger partial charge in [-0.3, -0.25) is 9.59 Å². The molecule has 0 aromatic heterocycles. The molecule has 1 aromatic carbocycles. The van der Waals surface area contributed by atoms with Crippen LogP contribution in [0.3, 0.4) is 0 Å². The largest absolute Gasteiger partial charge is 0.396 e. The van der Waals surface area contributed by atoms with E-state index >= 15 is 0 Å². The minimum atomic E-state index is -0.636. The Morgan fingerprint density at radius 2 is 1.78 bits per heavy atom. The lowest BCUT2D eigenvalue weighted by Gasteiger charge is -2.23. The van der Waals surface area contributed by atoms with Gasteiger partial charge in [-0.15, -0.1) is 0 Å². The zero-order valence-corrected chi connectivity index (χ0v) is 14.0. The molecule has 5 nitrogen and oxygen atoms in total. The van der Waals surface area contributed by atoms with Gasteiger partial charge in [-0.2, -0.15) is 0 Å². The highest BCUT2D eigenvalue weighted by Crippen LogP contribution is 2.06. The first-order valence-corrected chi connectivity index (χ1v) is 7.89. The normalized spacial score (nSPS) is 13.8. The Morgan fingerprint density at radius 3 is 2.35 bits per heavy atom. The van der Waals surface area contributed by atoms with Crippen LogP contribution in [-0.2, 0) is 9.59 Å². The lowest BCUT2D eigenvalue weighted by atomic mass is 10.0. The molecular weight excluding hydrogens is 292 g/mol. The van der Waals surface area contributed by atoms with Crippen molar-refractivity contribution in [3.8, 4) is 0 Å². The van der Waals surface area contributed by atoms with Crippen LogP contribution in [0.4, 0.5) is 0 Å². The number of amides is 2. The molecule has 0 bridgehead atoms. The summed E-state index contributed by atoms with van der Waals surface area (Å²) in [6, 6.07) is 8.72. The fourth-order valence-corrected chi connectivity index (χ4v) is 2.08. The average molecular weight is 318 g/mol. The number of carbonyl (C=O) groups excluding carboxylic acids is 2. The lowest BCUT2D eigenvalue weighted by Crippen LogP contribution is -2.49. The van der Waals surface area contributed by atoms with Crippen molar-refractivity contribution < 1.29 is 14.7 Å². The molecule has 5 heteroatoms. The molecule has 0 spiro atoms. The van der Waals surface area contributed by atoms with Crippen LogP contribution in [0.15, 0.2) is 36.4 Å². The van der Waals surface area contributed by atoms with Gasteiger partial charge in [0.1, 0.15) is 6.04 Å². The second-order valence-corrected chi connectivity index (χ2v) is 5.85. The summed E-state index contributed by atoms with van der Waals surface area (Å²) in [6.07, 6.45) is 3.60.